The van der Waals surface area contributed by atoms with Gasteiger partial charge in [0, 0.05) is 37.1 Å². The number of rotatable bonds is 8. The van der Waals surface area contributed by atoms with Crippen LogP contribution in [0, 0.1) is 0 Å². The van der Waals surface area contributed by atoms with Gasteiger partial charge in [-0.15, -0.1) is 11.8 Å². The fraction of sp³-hybridized carbons (Fsp3) is 0.407. The summed E-state index contributed by atoms with van der Waals surface area (Å²) in [5, 5.41) is 1.11. The van der Waals surface area contributed by atoms with E-state index in [1.807, 2.05) is 18.0 Å². The largest absolute Gasteiger partial charge is 0.371 e. The molecule has 0 N–H and O–H groups in total. The lowest BCUT2D eigenvalue weighted by Crippen LogP contribution is -2.34. The third-order valence-electron chi connectivity index (χ3n) is 5.99. The number of aromatic nitrogens is 1. The molecule has 31 heavy (non-hydrogen) atoms. The van der Waals surface area contributed by atoms with Gasteiger partial charge in [0.2, 0.25) is 0 Å². The standard InChI is InChI=1S/C27H34N3S/c1-3-13-28-26(4-2)31-19-18-29-16-11-22(12-17-29)9-10-23-20-24-7-5-14-30-15-6-8-25(21-23)27(24)30/h4,9-13,16-17,20-21H,3,5-8,14-15,18-19H2,1-2H3/q+1/b26-4+,28-13?. The first kappa shape index (κ1) is 21.9. The van der Waals surface area contributed by atoms with Gasteiger partial charge in [-0.1, -0.05) is 25.2 Å². The van der Waals surface area contributed by atoms with Crippen molar-refractivity contribution in [3.63, 3.8) is 0 Å². The maximum absolute atomic E-state index is 4.48. The third kappa shape index (κ3) is 5.68. The molecule has 162 valence electrons. The number of hydrogen-bond acceptors (Lipinski definition) is 3. The van der Waals surface area contributed by atoms with E-state index >= 15 is 0 Å². The Morgan fingerprint density at radius 1 is 1.06 bits per heavy atom. The maximum atomic E-state index is 4.48. The number of hydrogen-bond donors (Lipinski definition) is 0. The van der Waals surface area contributed by atoms with E-state index in [9.17, 15) is 0 Å². The third-order valence-corrected chi connectivity index (χ3v) is 7.01. The highest BCUT2D eigenvalue weighted by molar-refractivity contribution is 8.03. The molecular formula is C27H34N3S+. The van der Waals surface area contributed by atoms with E-state index in [2.05, 4.69) is 83.2 Å². The van der Waals surface area contributed by atoms with Gasteiger partial charge in [-0.05, 0) is 73.4 Å². The molecule has 0 atom stereocenters. The van der Waals surface area contributed by atoms with Crippen molar-refractivity contribution in [1.29, 1.82) is 0 Å². The Labute approximate surface area is 191 Å². The van der Waals surface area contributed by atoms with Crippen molar-refractivity contribution in [2.24, 2.45) is 4.99 Å². The normalized spacial score (nSPS) is 16.3. The summed E-state index contributed by atoms with van der Waals surface area (Å²) in [6.45, 7) is 7.62. The average molecular weight is 433 g/mol. The molecule has 0 amide bonds. The van der Waals surface area contributed by atoms with Crippen LogP contribution in [0.3, 0.4) is 0 Å². The highest BCUT2D eigenvalue weighted by atomic mass is 32.2. The second-order valence-electron chi connectivity index (χ2n) is 8.28. The lowest BCUT2D eigenvalue weighted by Gasteiger charge is -2.37. The van der Waals surface area contributed by atoms with Gasteiger partial charge in [0.1, 0.15) is 0 Å². The summed E-state index contributed by atoms with van der Waals surface area (Å²) >= 11 is 1.81. The predicted octanol–water partition coefficient (Wildman–Crippen LogP) is 5.92. The number of anilines is 1. The molecule has 2 aliphatic heterocycles. The lowest BCUT2D eigenvalue weighted by atomic mass is 9.90. The Balaban J connectivity index is 1.37. The van der Waals surface area contributed by atoms with Crippen LogP contribution in [0.5, 0.6) is 0 Å². The Morgan fingerprint density at radius 3 is 2.39 bits per heavy atom. The Hall–Kier alpha value is -2.33. The first-order chi connectivity index (χ1) is 15.3. The Bertz CT molecular complexity index is 941. The molecule has 1 aromatic carbocycles. The van der Waals surface area contributed by atoms with Crippen molar-refractivity contribution in [2.75, 3.05) is 23.7 Å². The zero-order chi connectivity index (χ0) is 21.5. The van der Waals surface area contributed by atoms with Gasteiger partial charge < -0.3 is 4.90 Å². The monoisotopic (exact) mass is 432 g/mol. The lowest BCUT2D eigenvalue weighted by molar-refractivity contribution is -0.692. The molecule has 4 heteroatoms. The summed E-state index contributed by atoms with van der Waals surface area (Å²) in [4.78, 5) is 7.09. The summed E-state index contributed by atoms with van der Waals surface area (Å²) in [6.07, 6.45) is 19.0. The van der Waals surface area contributed by atoms with Gasteiger partial charge in [-0.2, -0.15) is 0 Å². The molecule has 0 saturated carbocycles. The van der Waals surface area contributed by atoms with Crippen molar-refractivity contribution >= 4 is 35.8 Å². The minimum absolute atomic E-state index is 0.979. The number of aryl methyl sites for hydroxylation is 3. The summed E-state index contributed by atoms with van der Waals surface area (Å²) in [5.74, 6) is 1.02. The van der Waals surface area contributed by atoms with Gasteiger partial charge in [-0.3, -0.25) is 4.99 Å². The number of thioether (sulfide) groups is 1. The van der Waals surface area contributed by atoms with Gasteiger partial charge in [0.05, 0.1) is 10.8 Å². The topological polar surface area (TPSA) is 19.5 Å². The van der Waals surface area contributed by atoms with E-state index in [4.69, 9.17) is 0 Å². The van der Waals surface area contributed by atoms with Gasteiger partial charge in [0.15, 0.2) is 18.9 Å². The van der Waals surface area contributed by atoms with Crippen LogP contribution >= 0.6 is 11.8 Å². The highest BCUT2D eigenvalue weighted by Gasteiger charge is 2.23. The highest BCUT2D eigenvalue weighted by Crippen LogP contribution is 2.36. The first-order valence-corrected chi connectivity index (χ1v) is 12.6. The molecule has 0 spiro atoms. The van der Waals surface area contributed by atoms with E-state index < -0.39 is 0 Å². The number of allylic oxidation sites excluding steroid dienone is 1. The number of benzene rings is 1. The Morgan fingerprint density at radius 2 is 1.74 bits per heavy atom. The maximum Gasteiger partial charge on any atom is 0.169 e. The van der Waals surface area contributed by atoms with Crippen LogP contribution in [0.1, 0.15) is 55.4 Å². The fourth-order valence-corrected chi connectivity index (χ4v) is 5.31. The van der Waals surface area contributed by atoms with Crippen LogP contribution < -0.4 is 9.47 Å². The summed E-state index contributed by atoms with van der Waals surface area (Å²) < 4.78 is 2.25. The van der Waals surface area contributed by atoms with Gasteiger partial charge in [0.25, 0.3) is 0 Å². The van der Waals surface area contributed by atoms with Crippen LogP contribution in [0.25, 0.3) is 12.2 Å². The molecular weight excluding hydrogens is 398 g/mol. The number of nitrogens with zero attached hydrogens (tertiary/aromatic N) is 3. The summed E-state index contributed by atoms with van der Waals surface area (Å²) in [6, 6.07) is 9.23. The fourth-order valence-electron chi connectivity index (χ4n) is 4.48. The van der Waals surface area contributed by atoms with Crippen LogP contribution in [-0.4, -0.2) is 25.1 Å². The van der Waals surface area contributed by atoms with Crippen LogP contribution in [0.2, 0.25) is 0 Å². The zero-order valence-corrected chi connectivity index (χ0v) is 19.7. The molecule has 3 nitrogen and oxygen atoms in total. The van der Waals surface area contributed by atoms with E-state index in [1.54, 1.807) is 16.8 Å². The van der Waals surface area contributed by atoms with E-state index in [0.717, 1.165) is 23.7 Å². The minimum Gasteiger partial charge on any atom is -0.371 e. The number of pyridine rings is 1. The SMILES string of the molecule is C/C=C(\N=CCC)SCC[n+]1ccc(/C=C/c2cc3c4c(c2)CCCN4CCC3)cc1. The van der Waals surface area contributed by atoms with Crippen molar-refractivity contribution in [3.8, 4) is 0 Å². The van der Waals surface area contributed by atoms with Crippen LogP contribution in [0.4, 0.5) is 5.69 Å². The quantitative estimate of drug-likeness (QED) is 0.381. The minimum atomic E-state index is 0.979. The molecule has 1 aromatic heterocycles. The number of aliphatic imine (C=N–C) groups is 1. The van der Waals surface area contributed by atoms with Crippen LogP contribution in [0.15, 0.2) is 52.8 Å². The van der Waals surface area contributed by atoms with E-state index in [-0.39, 0.29) is 0 Å². The predicted molar refractivity (Wildman–Crippen MR) is 136 cm³/mol. The van der Waals surface area contributed by atoms with Crippen LogP contribution in [-0.2, 0) is 19.4 Å². The molecule has 2 aliphatic rings. The molecule has 0 bridgehead atoms. The Kier molecular flexibility index (Phi) is 7.63. The van der Waals surface area contributed by atoms with Crippen molar-refractivity contribution in [1.82, 2.24) is 0 Å². The molecule has 4 rings (SSSR count). The molecule has 0 unspecified atom stereocenters. The van der Waals surface area contributed by atoms with Crippen molar-refractivity contribution < 1.29 is 4.57 Å². The smallest absolute Gasteiger partial charge is 0.169 e. The van der Waals surface area contributed by atoms with E-state index in [0.29, 0.717) is 0 Å². The van der Waals surface area contributed by atoms with E-state index in [1.165, 1.54) is 49.9 Å². The van der Waals surface area contributed by atoms with Crippen molar-refractivity contribution in [3.05, 3.63) is 70.0 Å². The molecule has 3 heterocycles. The van der Waals surface area contributed by atoms with Gasteiger partial charge in [-0.25, -0.2) is 4.57 Å². The summed E-state index contributed by atoms with van der Waals surface area (Å²) in [7, 11) is 0. The average Bonchev–Trinajstić information content (AvgIpc) is 2.81. The molecule has 0 aliphatic carbocycles. The molecule has 2 aromatic rings. The second kappa shape index (κ2) is 10.8. The second-order valence-corrected chi connectivity index (χ2v) is 9.40. The van der Waals surface area contributed by atoms with Gasteiger partial charge >= 0.3 is 0 Å². The summed E-state index contributed by atoms with van der Waals surface area (Å²) in [5.41, 5.74) is 7.25. The molecule has 0 radical (unpaired) electrons. The molecule has 0 fully saturated rings. The molecule has 0 saturated heterocycles. The zero-order valence-electron chi connectivity index (χ0n) is 18.9. The first-order valence-electron chi connectivity index (χ1n) is 11.7. The van der Waals surface area contributed by atoms with Crippen molar-refractivity contribution in [2.45, 2.75) is 52.5 Å².